The second-order valence-electron chi connectivity index (χ2n) is 7.50. The van der Waals surface area contributed by atoms with Crippen LogP contribution in [0.15, 0.2) is 78.9 Å². The van der Waals surface area contributed by atoms with Gasteiger partial charge < -0.3 is 10.2 Å². The standard InChI is InChI=1S/C24H24N4O3/c29-24(25-21-12-10-20(11-13-21)19-6-2-1-3-7-19)18-26-14-16-27(17-15-26)22-8-4-5-9-23(22)28(30)31/h1-13H,14-18H2,(H,25,29). The first-order valence-electron chi connectivity index (χ1n) is 10.3. The van der Waals surface area contributed by atoms with Crippen LogP contribution in [0.2, 0.25) is 0 Å². The van der Waals surface area contributed by atoms with Crippen molar-refractivity contribution in [3.8, 4) is 11.1 Å². The van der Waals surface area contributed by atoms with E-state index in [4.69, 9.17) is 0 Å². The molecule has 1 aliphatic rings. The summed E-state index contributed by atoms with van der Waals surface area (Å²) in [5.74, 6) is -0.0633. The fourth-order valence-corrected chi connectivity index (χ4v) is 3.81. The third-order valence-electron chi connectivity index (χ3n) is 5.43. The van der Waals surface area contributed by atoms with Crippen molar-refractivity contribution < 1.29 is 9.72 Å². The van der Waals surface area contributed by atoms with Crippen LogP contribution < -0.4 is 10.2 Å². The molecule has 0 atom stereocenters. The first-order chi connectivity index (χ1) is 15.1. The van der Waals surface area contributed by atoms with E-state index in [1.807, 2.05) is 53.4 Å². The Kier molecular flexibility index (Phi) is 6.24. The minimum atomic E-state index is -0.349. The van der Waals surface area contributed by atoms with Gasteiger partial charge in [-0.3, -0.25) is 19.8 Å². The molecule has 0 unspecified atom stereocenters. The highest BCUT2D eigenvalue weighted by molar-refractivity contribution is 5.92. The maximum Gasteiger partial charge on any atom is 0.292 e. The lowest BCUT2D eigenvalue weighted by atomic mass is 10.1. The van der Waals surface area contributed by atoms with E-state index in [1.165, 1.54) is 6.07 Å². The van der Waals surface area contributed by atoms with Gasteiger partial charge in [0, 0.05) is 37.9 Å². The third kappa shape index (κ3) is 5.07. The Morgan fingerprint density at radius 3 is 2.13 bits per heavy atom. The number of benzene rings is 3. The van der Waals surface area contributed by atoms with Crippen LogP contribution >= 0.6 is 0 Å². The number of nitrogens with one attached hydrogen (secondary N) is 1. The number of carbonyl (C=O) groups excluding carboxylic acids is 1. The van der Waals surface area contributed by atoms with Crippen LogP contribution in [0.4, 0.5) is 17.1 Å². The Bertz CT molecular complexity index is 1050. The molecule has 0 saturated carbocycles. The Hall–Kier alpha value is -3.71. The Balaban J connectivity index is 1.29. The van der Waals surface area contributed by atoms with Gasteiger partial charge >= 0.3 is 0 Å². The molecule has 0 radical (unpaired) electrons. The van der Waals surface area contributed by atoms with Crippen molar-refractivity contribution in [3.63, 3.8) is 0 Å². The Morgan fingerprint density at radius 1 is 0.839 bits per heavy atom. The predicted octanol–water partition coefficient (Wildman–Crippen LogP) is 4.02. The number of anilines is 2. The van der Waals surface area contributed by atoms with Gasteiger partial charge in [0.2, 0.25) is 5.91 Å². The number of nitro groups is 1. The number of hydrogen-bond acceptors (Lipinski definition) is 5. The summed E-state index contributed by atoms with van der Waals surface area (Å²) >= 11 is 0. The zero-order chi connectivity index (χ0) is 21.6. The quantitative estimate of drug-likeness (QED) is 0.485. The molecule has 4 rings (SSSR count). The van der Waals surface area contributed by atoms with Crippen molar-refractivity contribution in [1.29, 1.82) is 0 Å². The smallest absolute Gasteiger partial charge is 0.292 e. The lowest BCUT2D eigenvalue weighted by molar-refractivity contribution is -0.384. The summed E-state index contributed by atoms with van der Waals surface area (Å²) in [4.78, 5) is 27.5. The average molecular weight is 416 g/mol. The molecule has 158 valence electrons. The molecule has 1 fully saturated rings. The van der Waals surface area contributed by atoms with E-state index in [0.29, 0.717) is 38.4 Å². The number of nitro benzene ring substituents is 1. The fourth-order valence-electron chi connectivity index (χ4n) is 3.81. The largest absolute Gasteiger partial charge is 0.363 e. The van der Waals surface area contributed by atoms with Crippen molar-refractivity contribution in [3.05, 3.63) is 89.0 Å². The summed E-state index contributed by atoms with van der Waals surface area (Å²) in [6, 6.07) is 24.7. The summed E-state index contributed by atoms with van der Waals surface area (Å²) in [6.45, 7) is 2.93. The summed E-state index contributed by atoms with van der Waals surface area (Å²) in [5, 5.41) is 14.2. The number of carbonyl (C=O) groups is 1. The summed E-state index contributed by atoms with van der Waals surface area (Å²) in [6.07, 6.45) is 0. The molecule has 1 amide bonds. The van der Waals surface area contributed by atoms with Gasteiger partial charge in [-0.25, -0.2) is 0 Å². The van der Waals surface area contributed by atoms with Gasteiger partial charge in [0.05, 0.1) is 11.5 Å². The Labute approximate surface area is 181 Å². The molecule has 0 spiro atoms. The molecule has 7 heteroatoms. The normalized spacial score (nSPS) is 14.3. The summed E-state index contributed by atoms with van der Waals surface area (Å²) < 4.78 is 0. The predicted molar refractivity (Wildman–Crippen MR) is 122 cm³/mol. The van der Waals surface area contributed by atoms with Crippen LogP contribution in [0, 0.1) is 10.1 Å². The zero-order valence-electron chi connectivity index (χ0n) is 17.1. The van der Waals surface area contributed by atoms with Crippen LogP contribution in [0.5, 0.6) is 0 Å². The third-order valence-corrected chi connectivity index (χ3v) is 5.43. The second-order valence-corrected chi connectivity index (χ2v) is 7.50. The van der Waals surface area contributed by atoms with E-state index in [0.717, 1.165) is 16.8 Å². The van der Waals surface area contributed by atoms with E-state index in [2.05, 4.69) is 22.3 Å². The van der Waals surface area contributed by atoms with E-state index < -0.39 is 0 Å². The van der Waals surface area contributed by atoms with Crippen LogP contribution in [-0.4, -0.2) is 48.5 Å². The van der Waals surface area contributed by atoms with Crippen LogP contribution in [0.1, 0.15) is 0 Å². The SMILES string of the molecule is O=C(CN1CCN(c2ccccc2[N+](=O)[O-])CC1)Nc1ccc(-c2ccccc2)cc1. The molecule has 1 N–H and O–H groups in total. The molecule has 1 heterocycles. The molecule has 3 aromatic rings. The van der Waals surface area contributed by atoms with Gasteiger partial charge in [0.1, 0.15) is 5.69 Å². The van der Waals surface area contributed by atoms with E-state index >= 15 is 0 Å². The summed E-state index contributed by atoms with van der Waals surface area (Å²) in [5.41, 5.74) is 3.76. The summed E-state index contributed by atoms with van der Waals surface area (Å²) in [7, 11) is 0. The molecule has 0 aromatic heterocycles. The van der Waals surface area contributed by atoms with E-state index in [-0.39, 0.29) is 16.5 Å². The van der Waals surface area contributed by atoms with Crippen molar-refractivity contribution >= 4 is 23.0 Å². The highest BCUT2D eigenvalue weighted by atomic mass is 16.6. The van der Waals surface area contributed by atoms with E-state index in [1.54, 1.807) is 12.1 Å². The van der Waals surface area contributed by atoms with Gasteiger partial charge in [0.25, 0.3) is 5.69 Å². The first-order valence-corrected chi connectivity index (χ1v) is 10.3. The topological polar surface area (TPSA) is 78.7 Å². The second kappa shape index (κ2) is 9.40. The maximum atomic E-state index is 12.5. The average Bonchev–Trinajstić information content (AvgIpc) is 2.80. The van der Waals surface area contributed by atoms with Crippen molar-refractivity contribution in [2.24, 2.45) is 0 Å². The number of amides is 1. The van der Waals surface area contributed by atoms with Gasteiger partial charge in [-0.05, 0) is 29.3 Å². The molecular formula is C24H24N4O3. The lowest BCUT2D eigenvalue weighted by Crippen LogP contribution is -2.48. The fraction of sp³-hybridized carbons (Fsp3) is 0.208. The molecule has 1 aliphatic heterocycles. The molecule has 1 saturated heterocycles. The van der Waals surface area contributed by atoms with Gasteiger partial charge in [-0.1, -0.05) is 54.6 Å². The number of hydrogen-bond donors (Lipinski definition) is 1. The van der Waals surface area contributed by atoms with Gasteiger partial charge in [-0.15, -0.1) is 0 Å². The van der Waals surface area contributed by atoms with Crippen LogP contribution in [0.25, 0.3) is 11.1 Å². The van der Waals surface area contributed by atoms with Crippen molar-refractivity contribution in [1.82, 2.24) is 4.90 Å². The minimum absolute atomic E-state index is 0.0633. The number of para-hydroxylation sites is 2. The van der Waals surface area contributed by atoms with Crippen molar-refractivity contribution in [2.75, 3.05) is 42.9 Å². The minimum Gasteiger partial charge on any atom is -0.363 e. The number of piperazine rings is 1. The maximum absolute atomic E-state index is 12.5. The number of nitrogens with zero attached hydrogens (tertiary/aromatic N) is 3. The highest BCUT2D eigenvalue weighted by Gasteiger charge is 2.24. The zero-order valence-corrected chi connectivity index (χ0v) is 17.1. The Morgan fingerprint density at radius 2 is 1.45 bits per heavy atom. The molecule has 7 nitrogen and oxygen atoms in total. The first kappa shape index (κ1) is 20.6. The van der Waals surface area contributed by atoms with Gasteiger partial charge in [-0.2, -0.15) is 0 Å². The van der Waals surface area contributed by atoms with E-state index in [9.17, 15) is 14.9 Å². The number of rotatable bonds is 6. The molecule has 0 aliphatic carbocycles. The molecule has 3 aromatic carbocycles. The molecule has 31 heavy (non-hydrogen) atoms. The molecular weight excluding hydrogens is 392 g/mol. The van der Waals surface area contributed by atoms with Crippen molar-refractivity contribution in [2.45, 2.75) is 0 Å². The lowest BCUT2D eigenvalue weighted by Gasteiger charge is -2.35. The molecule has 0 bridgehead atoms. The van der Waals surface area contributed by atoms with Crippen LogP contribution in [0.3, 0.4) is 0 Å². The van der Waals surface area contributed by atoms with Crippen LogP contribution in [-0.2, 0) is 4.79 Å². The monoisotopic (exact) mass is 416 g/mol. The van der Waals surface area contributed by atoms with Gasteiger partial charge in [0.15, 0.2) is 0 Å². The highest BCUT2D eigenvalue weighted by Crippen LogP contribution is 2.28.